The van der Waals surface area contributed by atoms with Crippen LogP contribution in [-0.4, -0.2) is 41.6 Å². The van der Waals surface area contributed by atoms with E-state index in [1.807, 2.05) is 6.92 Å². The van der Waals surface area contributed by atoms with E-state index in [0.29, 0.717) is 18.2 Å². The molecule has 116 valence electrons. The molecule has 1 heterocycles. The van der Waals surface area contributed by atoms with Crippen molar-refractivity contribution in [3.8, 4) is 5.75 Å². The van der Waals surface area contributed by atoms with Crippen LogP contribution in [0.1, 0.15) is 48.5 Å². The first kappa shape index (κ1) is 15.8. The van der Waals surface area contributed by atoms with Gasteiger partial charge in [0.05, 0.1) is 5.56 Å². The molecule has 0 saturated carbocycles. The molecule has 2 rings (SSSR count). The maximum Gasteiger partial charge on any atom is 0.255 e. The number of piperidine rings is 1. The number of likely N-dealkylation sites (tertiary alicyclic amines) is 1. The van der Waals surface area contributed by atoms with Crippen molar-refractivity contribution in [1.29, 1.82) is 0 Å². The summed E-state index contributed by atoms with van der Waals surface area (Å²) >= 11 is 0. The Morgan fingerprint density at radius 2 is 2.24 bits per heavy atom. The zero-order chi connectivity index (χ0) is 15.2. The second kappa shape index (κ2) is 7.46. The lowest BCUT2D eigenvalue weighted by atomic mass is 10.0. The SMILES string of the molecule is Cc1ccc(O)c(C(=O)NCCCN2CCCCC2C)c1. The van der Waals surface area contributed by atoms with Crippen LogP contribution in [-0.2, 0) is 0 Å². The summed E-state index contributed by atoms with van der Waals surface area (Å²) in [6.07, 6.45) is 4.85. The highest BCUT2D eigenvalue weighted by Crippen LogP contribution is 2.18. The van der Waals surface area contributed by atoms with Gasteiger partial charge in [0.2, 0.25) is 0 Å². The van der Waals surface area contributed by atoms with Gasteiger partial charge in [0.25, 0.3) is 5.91 Å². The number of phenolic OH excluding ortho intramolecular Hbond substituents is 1. The summed E-state index contributed by atoms with van der Waals surface area (Å²) in [5.41, 5.74) is 1.33. The summed E-state index contributed by atoms with van der Waals surface area (Å²) in [6.45, 7) is 7.04. The molecule has 4 nitrogen and oxygen atoms in total. The van der Waals surface area contributed by atoms with Crippen LogP contribution in [0.25, 0.3) is 0 Å². The Labute approximate surface area is 127 Å². The van der Waals surface area contributed by atoms with Crippen LogP contribution in [0.15, 0.2) is 18.2 Å². The van der Waals surface area contributed by atoms with Crippen LogP contribution >= 0.6 is 0 Å². The lowest BCUT2D eigenvalue weighted by Crippen LogP contribution is -2.39. The molecule has 4 heteroatoms. The summed E-state index contributed by atoms with van der Waals surface area (Å²) < 4.78 is 0. The highest BCUT2D eigenvalue weighted by molar-refractivity contribution is 5.96. The van der Waals surface area contributed by atoms with Gasteiger partial charge in [0.1, 0.15) is 5.75 Å². The van der Waals surface area contributed by atoms with Gasteiger partial charge in [-0.25, -0.2) is 0 Å². The number of hydrogen-bond acceptors (Lipinski definition) is 3. The minimum atomic E-state index is -0.192. The Morgan fingerprint density at radius 1 is 1.43 bits per heavy atom. The van der Waals surface area contributed by atoms with Gasteiger partial charge in [-0.1, -0.05) is 18.1 Å². The molecule has 21 heavy (non-hydrogen) atoms. The van der Waals surface area contributed by atoms with E-state index >= 15 is 0 Å². The van der Waals surface area contributed by atoms with Gasteiger partial charge in [-0.3, -0.25) is 4.79 Å². The Hall–Kier alpha value is -1.55. The standard InChI is InChI=1S/C17H26N2O2/c1-13-7-8-16(20)15(12-13)17(21)18-9-5-11-19-10-4-3-6-14(19)2/h7-8,12,14,20H,3-6,9-11H2,1-2H3,(H,18,21). The number of phenols is 1. The highest BCUT2D eigenvalue weighted by atomic mass is 16.3. The number of hydrogen-bond donors (Lipinski definition) is 2. The van der Waals surface area contributed by atoms with Crippen LogP contribution in [0.3, 0.4) is 0 Å². The molecule has 1 fully saturated rings. The minimum Gasteiger partial charge on any atom is -0.507 e. The monoisotopic (exact) mass is 290 g/mol. The van der Waals surface area contributed by atoms with Gasteiger partial charge < -0.3 is 15.3 Å². The largest absolute Gasteiger partial charge is 0.507 e. The van der Waals surface area contributed by atoms with E-state index in [1.54, 1.807) is 18.2 Å². The first-order chi connectivity index (χ1) is 10.1. The van der Waals surface area contributed by atoms with Crippen molar-refractivity contribution in [2.45, 2.75) is 45.6 Å². The van der Waals surface area contributed by atoms with Gasteiger partial charge in [-0.15, -0.1) is 0 Å². The number of nitrogens with zero attached hydrogens (tertiary/aromatic N) is 1. The predicted molar refractivity (Wildman–Crippen MR) is 84.7 cm³/mol. The number of benzene rings is 1. The van der Waals surface area contributed by atoms with E-state index in [-0.39, 0.29) is 11.7 Å². The topological polar surface area (TPSA) is 52.6 Å². The average molecular weight is 290 g/mol. The van der Waals surface area contributed by atoms with Crippen LogP contribution in [0, 0.1) is 6.92 Å². The zero-order valence-corrected chi connectivity index (χ0v) is 13.1. The minimum absolute atomic E-state index is 0.0442. The molecular weight excluding hydrogens is 264 g/mol. The molecule has 1 aliphatic heterocycles. The van der Waals surface area contributed by atoms with Crippen molar-refractivity contribution in [3.63, 3.8) is 0 Å². The van der Waals surface area contributed by atoms with Crippen LogP contribution in [0.4, 0.5) is 0 Å². The third kappa shape index (κ3) is 4.46. The van der Waals surface area contributed by atoms with E-state index in [9.17, 15) is 9.90 Å². The van der Waals surface area contributed by atoms with E-state index < -0.39 is 0 Å². The fourth-order valence-corrected chi connectivity index (χ4v) is 2.90. The summed E-state index contributed by atoms with van der Waals surface area (Å²) in [7, 11) is 0. The fraction of sp³-hybridized carbons (Fsp3) is 0.588. The Morgan fingerprint density at radius 3 is 3.00 bits per heavy atom. The molecule has 1 aliphatic rings. The van der Waals surface area contributed by atoms with Gasteiger partial charge in [-0.2, -0.15) is 0 Å². The third-order valence-electron chi connectivity index (χ3n) is 4.24. The van der Waals surface area contributed by atoms with E-state index in [2.05, 4.69) is 17.1 Å². The van der Waals surface area contributed by atoms with E-state index in [0.717, 1.165) is 18.5 Å². The molecule has 0 bridgehead atoms. The summed E-state index contributed by atoms with van der Waals surface area (Å²) in [5, 5.41) is 12.6. The van der Waals surface area contributed by atoms with Crippen molar-refractivity contribution in [1.82, 2.24) is 10.2 Å². The second-order valence-corrected chi connectivity index (χ2v) is 6.01. The van der Waals surface area contributed by atoms with Gasteiger partial charge >= 0.3 is 0 Å². The second-order valence-electron chi connectivity index (χ2n) is 6.01. The molecule has 0 aromatic heterocycles. The maximum absolute atomic E-state index is 12.0. The molecule has 1 atom stereocenters. The number of aryl methyl sites for hydroxylation is 1. The van der Waals surface area contributed by atoms with Crippen LogP contribution < -0.4 is 5.32 Å². The number of amides is 1. The summed E-state index contributed by atoms with van der Waals surface area (Å²) in [4.78, 5) is 14.5. The highest BCUT2D eigenvalue weighted by Gasteiger charge is 2.17. The molecule has 0 radical (unpaired) electrons. The summed E-state index contributed by atoms with van der Waals surface area (Å²) in [5.74, 6) is -0.148. The van der Waals surface area contributed by atoms with E-state index in [1.165, 1.54) is 25.8 Å². The molecule has 1 aromatic carbocycles. The number of rotatable bonds is 5. The van der Waals surface area contributed by atoms with Crippen molar-refractivity contribution in [2.24, 2.45) is 0 Å². The number of nitrogens with one attached hydrogen (secondary N) is 1. The van der Waals surface area contributed by atoms with Crippen LogP contribution in [0.2, 0.25) is 0 Å². The predicted octanol–water partition coefficient (Wildman–Crippen LogP) is 2.69. The number of carbonyl (C=O) groups excluding carboxylic acids is 1. The van der Waals surface area contributed by atoms with Gasteiger partial charge in [-0.05, 0) is 51.8 Å². The molecule has 1 aromatic rings. The third-order valence-corrected chi connectivity index (χ3v) is 4.24. The summed E-state index contributed by atoms with van der Waals surface area (Å²) in [6, 6.07) is 5.75. The normalized spacial score (nSPS) is 19.4. The molecule has 2 N–H and O–H groups in total. The average Bonchev–Trinajstić information content (AvgIpc) is 2.47. The molecule has 1 unspecified atom stereocenters. The van der Waals surface area contributed by atoms with Crippen molar-refractivity contribution in [2.75, 3.05) is 19.6 Å². The molecular formula is C17H26N2O2. The van der Waals surface area contributed by atoms with Crippen molar-refractivity contribution in [3.05, 3.63) is 29.3 Å². The Balaban J connectivity index is 1.75. The molecule has 0 spiro atoms. The molecule has 0 aliphatic carbocycles. The smallest absolute Gasteiger partial charge is 0.255 e. The zero-order valence-electron chi connectivity index (χ0n) is 13.1. The number of carbonyl (C=O) groups is 1. The van der Waals surface area contributed by atoms with Crippen molar-refractivity contribution < 1.29 is 9.90 Å². The first-order valence-corrected chi connectivity index (χ1v) is 7.90. The van der Waals surface area contributed by atoms with E-state index in [4.69, 9.17) is 0 Å². The fourth-order valence-electron chi connectivity index (χ4n) is 2.90. The molecule has 1 saturated heterocycles. The lowest BCUT2D eigenvalue weighted by Gasteiger charge is -2.33. The number of aromatic hydroxyl groups is 1. The Bertz CT molecular complexity index is 488. The van der Waals surface area contributed by atoms with Crippen LogP contribution in [0.5, 0.6) is 5.75 Å². The Kier molecular flexibility index (Phi) is 5.62. The van der Waals surface area contributed by atoms with Gasteiger partial charge in [0, 0.05) is 19.1 Å². The maximum atomic E-state index is 12.0. The lowest BCUT2D eigenvalue weighted by molar-refractivity contribution is 0.0946. The van der Waals surface area contributed by atoms with Crippen molar-refractivity contribution >= 4 is 5.91 Å². The molecule has 1 amide bonds. The first-order valence-electron chi connectivity index (χ1n) is 7.90. The van der Waals surface area contributed by atoms with Gasteiger partial charge in [0.15, 0.2) is 0 Å². The quantitative estimate of drug-likeness (QED) is 0.820.